The largest absolute Gasteiger partial charge is 0.357 e. The molecule has 0 spiro atoms. The number of hydrogen-bond donors (Lipinski definition) is 2. The molecule has 0 aliphatic carbocycles. The molecule has 0 radical (unpaired) electrons. The Balaban J connectivity index is 1.66. The number of pyridine rings is 1. The second kappa shape index (κ2) is 9.72. The summed E-state index contributed by atoms with van der Waals surface area (Å²) in [6, 6.07) is 4.07. The van der Waals surface area contributed by atoms with E-state index in [1.165, 1.54) is 25.7 Å². The Labute approximate surface area is 173 Å². The third-order valence-electron chi connectivity index (χ3n) is 5.56. The number of amides is 1. The summed E-state index contributed by atoms with van der Waals surface area (Å²) in [4.78, 5) is 34.8. The third kappa shape index (κ3) is 5.05. The SMILES string of the molecule is CCCc1c(C(=O)NCc2ccc(N3CCCCCC3)nc2)[nH]c(C)c1C(C)=O. The van der Waals surface area contributed by atoms with Crippen molar-refractivity contribution in [2.45, 2.75) is 65.8 Å². The van der Waals surface area contributed by atoms with E-state index in [2.05, 4.69) is 20.2 Å². The maximum atomic E-state index is 12.8. The van der Waals surface area contributed by atoms with E-state index >= 15 is 0 Å². The Bertz CT molecular complexity index is 847. The monoisotopic (exact) mass is 396 g/mol. The van der Waals surface area contributed by atoms with Gasteiger partial charge in [-0.1, -0.05) is 32.3 Å². The highest BCUT2D eigenvalue weighted by atomic mass is 16.2. The predicted molar refractivity (Wildman–Crippen MR) is 116 cm³/mol. The highest BCUT2D eigenvalue weighted by Gasteiger charge is 2.22. The second-order valence-electron chi connectivity index (χ2n) is 7.89. The topological polar surface area (TPSA) is 78.1 Å². The molecule has 0 saturated carbocycles. The van der Waals surface area contributed by atoms with E-state index in [0.29, 0.717) is 24.2 Å². The van der Waals surface area contributed by atoms with Crippen LogP contribution in [0.4, 0.5) is 5.82 Å². The highest BCUT2D eigenvalue weighted by Crippen LogP contribution is 2.22. The van der Waals surface area contributed by atoms with Gasteiger partial charge in [-0.05, 0) is 50.3 Å². The summed E-state index contributed by atoms with van der Waals surface area (Å²) in [5, 5.41) is 2.97. The zero-order valence-corrected chi connectivity index (χ0v) is 17.8. The molecule has 1 amide bonds. The van der Waals surface area contributed by atoms with Gasteiger partial charge in [0.15, 0.2) is 5.78 Å². The molecule has 0 bridgehead atoms. The molecule has 6 heteroatoms. The highest BCUT2D eigenvalue weighted by molar-refractivity contribution is 6.02. The number of H-pyrrole nitrogens is 1. The zero-order chi connectivity index (χ0) is 20.8. The zero-order valence-electron chi connectivity index (χ0n) is 17.8. The number of anilines is 1. The van der Waals surface area contributed by atoms with Crippen LogP contribution in [-0.4, -0.2) is 34.7 Å². The summed E-state index contributed by atoms with van der Waals surface area (Å²) < 4.78 is 0. The molecule has 29 heavy (non-hydrogen) atoms. The van der Waals surface area contributed by atoms with E-state index in [-0.39, 0.29) is 11.7 Å². The molecule has 0 unspecified atom stereocenters. The minimum absolute atomic E-state index is 0.00504. The first-order valence-electron chi connectivity index (χ1n) is 10.7. The number of rotatable bonds is 7. The lowest BCUT2D eigenvalue weighted by Gasteiger charge is -2.21. The molecular weight excluding hydrogens is 364 g/mol. The van der Waals surface area contributed by atoms with Crippen molar-refractivity contribution in [3.05, 3.63) is 46.4 Å². The number of ketones is 1. The average Bonchev–Trinajstić information content (AvgIpc) is 2.87. The van der Waals surface area contributed by atoms with Crippen molar-refractivity contribution in [3.8, 4) is 0 Å². The van der Waals surface area contributed by atoms with Crippen molar-refractivity contribution in [3.63, 3.8) is 0 Å². The van der Waals surface area contributed by atoms with Crippen LogP contribution < -0.4 is 10.2 Å². The molecule has 2 aromatic rings. The van der Waals surface area contributed by atoms with E-state index in [9.17, 15) is 9.59 Å². The number of carbonyl (C=O) groups excluding carboxylic acids is 2. The van der Waals surface area contributed by atoms with Gasteiger partial charge in [-0.2, -0.15) is 0 Å². The standard InChI is InChI=1S/C23H32N4O2/c1-4-9-19-21(17(3)28)16(2)26-22(19)23(29)25-15-18-10-11-20(24-14-18)27-12-7-5-6-8-13-27/h10-11,14,26H,4-9,12-13,15H2,1-3H3,(H,25,29). The van der Waals surface area contributed by atoms with Gasteiger partial charge in [-0.25, -0.2) is 4.98 Å². The fourth-order valence-electron chi connectivity index (χ4n) is 4.13. The Morgan fingerprint density at radius 1 is 1.17 bits per heavy atom. The van der Waals surface area contributed by atoms with Crippen molar-refractivity contribution >= 4 is 17.5 Å². The molecule has 3 rings (SSSR count). The minimum atomic E-state index is -0.180. The molecule has 1 fully saturated rings. The quantitative estimate of drug-likeness (QED) is 0.688. The maximum Gasteiger partial charge on any atom is 0.268 e. The Morgan fingerprint density at radius 3 is 2.48 bits per heavy atom. The first-order chi connectivity index (χ1) is 14.0. The molecule has 6 nitrogen and oxygen atoms in total. The molecule has 0 aromatic carbocycles. The van der Waals surface area contributed by atoms with Crippen LogP contribution >= 0.6 is 0 Å². The van der Waals surface area contributed by atoms with Crippen LogP contribution in [0.1, 0.15) is 83.6 Å². The van der Waals surface area contributed by atoms with E-state index in [1.807, 2.05) is 32.2 Å². The van der Waals surface area contributed by atoms with E-state index in [1.54, 1.807) is 6.92 Å². The van der Waals surface area contributed by atoms with Crippen molar-refractivity contribution < 1.29 is 9.59 Å². The number of Topliss-reactive ketones (excluding diaryl/α,β-unsaturated/α-hetero) is 1. The summed E-state index contributed by atoms with van der Waals surface area (Å²) >= 11 is 0. The molecule has 2 aromatic heterocycles. The summed E-state index contributed by atoms with van der Waals surface area (Å²) in [7, 11) is 0. The van der Waals surface area contributed by atoms with Gasteiger partial charge < -0.3 is 15.2 Å². The number of hydrogen-bond acceptors (Lipinski definition) is 4. The molecule has 0 atom stereocenters. The van der Waals surface area contributed by atoms with E-state index in [0.717, 1.165) is 42.1 Å². The van der Waals surface area contributed by atoms with Gasteiger partial charge in [-0.3, -0.25) is 9.59 Å². The summed E-state index contributed by atoms with van der Waals surface area (Å²) in [6.07, 6.45) is 8.45. The van der Waals surface area contributed by atoms with Crippen LogP contribution in [0.2, 0.25) is 0 Å². The fraction of sp³-hybridized carbons (Fsp3) is 0.522. The predicted octanol–water partition coefficient (Wildman–Crippen LogP) is 4.18. The number of aromatic amines is 1. The van der Waals surface area contributed by atoms with Gasteiger partial charge in [0.1, 0.15) is 11.5 Å². The molecule has 2 N–H and O–H groups in total. The van der Waals surface area contributed by atoms with Crippen LogP contribution in [0.3, 0.4) is 0 Å². The van der Waals surface area contributed by atoms with Crippen LogP contribution in [0.5, 0.6) is 0 Å². The number of carbonyl (C=O) groups is 2. The lowest BCUT2D eigenvalue weighted by Crippen LogP contribution is -2.26. The van der Waals surface area contributed by atoms with Crippen LogP contribution in [-0.2, 0) is 13.0 Å². The Kier molecular flexibility index (Phi) is 7.07. The smallest absolute Gasteiger partial charge is 0.268 e. The van der Waals surface area contributed by atoms with Gasteiger partial charge in [0.25, 0.3) is 5.91 Å². The number of aryl methyl sites for hydroxylation is 1. The Hall–Kier alpha value is -2.63. The molecule has 1 aliphatic rings. The molecule has 156 valence electrons. The fourth-order valence-corrected chi connectivity index (χ4v) is 4.13. The molecule has 1 saturated heterocycles. The van der Waals surface area contributed by atoms with Gasteiger partial charge in [0, 0.05) is 37.1 Å². The maximum absolute atomic E-state index is 12.8. The second-order valence-corrected chi connectivity index (χ2v) is 7.89. The normalized spacial score (nSPS) is 14.5. The van der Waals surface area contributed by atoms with Gasteiger partial charge >= 0.3 is 0 Å². The summed E-state index contributed by atoms with van der Waals surface area (Å²) in [6.45, 7) is 7.98. The lowest BCUT2D eigenvalue weighted by molar-refractivity contribution is 0.0945. The van der Waals surface area contributed by atoms with Crippen LogP contribution in [0.15, 0.2) is 18.3 Å². The average molecular weight is 397 g/mol. The number of aromatic nitrogens is 2. The van der Waals surface area contributed by atoms with Gasteiger partial charge in [0.2, 0.25) is 0 Å². The number of nitrogens with one attached hydrogen (secondary N) is 2. The minimum Gasteiger partial charge on any atom is -0.357 e. The van der Waals surface area contributed by atoms with Crippen molar-refractivity contribution in [1.82, 2.24) is 15.3 Å². The van der Waals surface area contributed by atoms with Crippen LogP contribution in [0.25, 0.3) is 0 Å². The van der Waals surface area contributed by atoms with Crippen LogP contribution in [0, 0.1) is 6.92 Å². The summed E-state index contributed by atoms with van der Waals surface area (Å²) in [5.41, 5.74) is 3.70. The van der Waals surface area contributed by atoms with Crippen molar-refractivity contribution in [2.75, 3.05) is 18.0 Å². The summed E-state index contributed by atoms with van der Waals surface area (Å²) in [5.74, 6) is 0.827. The first-order valence-corrected chi connectivity index (χ1v) is 10.7. The lowest BCUT2D eigenvalue weighted by atomic mass is 10.0. The van der Waals surface area contributed by atoms with Crippen molar-refractivity contribution in [2.24, 2.45) is 0 Å². The molecular formula is C23H32N4O2. The first kappa shape index (κ1) is 21.1. The van der Waals surface area contributed by atoms with Gasteiger partial charge in [0.05, 0.1) is 0 Å². The molecule has 3 heterocycles. The number of nitrogens with zero attached hydrogens (tertiary/aromatic N) is 2. The van der Waals surface area contributed by atoms with Gasteiger partial charge in [-0.15, -0.1) is 0 Å². The third-order valence-corrected chi connectivity index (χ3v) is 5.56. The van der Waals surface area contributed by atoms with Crippen molar-refractivity contribution in [1.29, 1.82) is 0 Å². The molecule has 1 aliphatic heterocycles. The van der Waals surface area contributed by atoms with E-state index in [4.69, 9.17) is 0 Å². The Morgan fingerprint density at radius 2 is 1.90 bits per heavy atom. The van der Waals surface area contributed by atoms with E-state index < -0.39 is 0 Å².